The second kappa shape index (κ2) is 7.27. The molecule has 3 rings (SSSR count). The quantitative estimate of drug-likeness (QED) is 0.406. The molecule has 1 aromatic heterocycles. The van der Waals surface area contributed by atoms with E-state index < -0.39 is 5.78 Å². The number of nitrogens with zero attached hydrogens (tertiary/aromatic N) is 2. The zero-order valence-corrected chi connectivity index (χ0v) is 14.2. The zero-order valence-electron chi connectivity index (χ0n) is 14.2. The summed E-state index contributed by atoms with van der Waals surface area (Å²) < 4.78 is 5.78. The van der Waals surface area contributed by atoms with E-state index in [1.807, 2.05) is 55.4 Å². The van der Waals surface area contributed by atoms with Crippen molar-refractivity contribution < 1.29 is 14.0 Å². The average Bonchev–Trinajstić information content (AvgIpc) is 3.05. The molecule has 0 saturated carbocycles. The van der Waals surface area contributed by atoms with Crippen molar-refractivity contribution in [2.24, 2.45) is 0 Å². The smallest absolute Gasteiger partial charge is 0.229 e. The van der Waals surface area contributed by atoms with Gasteiger partial charge in [-0.15, -0.1) is 0 Å². The van der Waals surface area contributed by atoms with E-state index in [-0.39, 0.29) is 5.56 Å². The van der Waals surface area contributed by atoms with Gasteiger partial charge in [0, 0.05) is 24.3 Å². The minimum Gasteiger partial charge on any atom is -0.435 e. The van der Waals surface area contributed by atoms with Gasteiger partial charge in [0.1, 0.15) is 5.52 Å². The molecular weight excluding hydrogens is 318 g/mol. The number of oxazole rings is 1. The summed E-state index contributed by atoms with van der Waals surface area (Å²) in [5.41, 5.74) is 2.63. The van der Waals surface area contributed by atoms with Gasteiger partial charge in [-0.3, -0.25) is 9.59 Å². The van der Waals surface area contributed by atoms with Crippen LogP contribution in [0.5, 0.6) is 0 Å². The fraction of sp³-hybridized carbons (Fsp3) is 0.211. The SMILES string of the molecule is CN(C)CCNc1cc(C(=O)C=O)c2oc(-c3ccccc3)nc2c1. The van der Waals surface area contributed by atoms with Crippen LogP contribution in [0.3, 0.4) is 0 Å². The summed E-state index contributed by atoms with van der Waals surface area (Å²) >= 11 is 0. The van der Waals surface area contributed by atoms with E-state index in [2.05, 4.69) is 10.3 Å². The molecular formula is C19H19N3O3. The molecule has 0 aliphatic rings. The first-order valence-corrected chi connectivity index (χ1v) is 7.96. The van der Waals surface area contributed by atoms with E-state index >= 15 is 0 Å². The minimum absolute atomic E-state index is 0.217. The molecule has 2 aromatic carbocycles. The van der Waals surface area contributed by atoms with Gasteiger partial charge >= 0.3 is 0 Å². The van der Waals surface area contributed by atoms with Crippen LogP contribution in [0.15, 0.2) is 46.9 Å². The molecule has 1 heterocycles. The number of aromatic nitrogens is 1. The van der Waals surface area contributed by atoms with Crippen LogP contribution in [0, 0.1) is 0 Å². The van der Waals surface area contributed by atoms with E-state index in [0.717, 1.165) is 17.8 Å². The number of rotatable bonds is 7. The summed E-state index contributed by atoms with van der Waals surface area (Å²) in [6.45, 7) is 1.54. The molecule has 1 N–H and O–H groups in total. The van der Waals surface area contributed by atoms with Crippen molar-refractivity contribution in [3.63, 3.8) is 0 Å². The lowest BCUT2D eigenvalue weighted by Crippen LogP contribution is -2.20. The first-order valence-electron chi connectivity index (χ1n) is 7.96. The number of nitrogens with one attached hydrogen (secondary N) is 1. The van der Waals surface area contributed by atoms with Crippen LogP contribution < -0.4 is 5.32 Å². The van der Waals surface area contributed by atoms with Crippen LogP contribution in [0.4, 0.5) is 5.69 Å². The lowest BCUT2D eigenvalue weighted by molar-refractivity contribution is -0.104. The van der Waals surface area contributed by atoms with Gasteiger partial charge in [-0.1, -0.05) is 18.2 Å². The van der Waals surface area contributed by atoms with E-state index in [4.69, 9.17) is 4.42 Å². The second-order valence-corrected chi connectivity index (χ2v) is 5.97. The lowest BCUT2D eigenvalue weighted by atomic mass is 10.1. The number of benzene rings is 2. The Labute approximate surface area is 145 Å². The molecule has 25 heavy (non-hydrogen) atoms. The monoisotopic (exact) mass is 337 g/mol. The van der Waals surface area contributed by atoms with Crippen LogP contribution >= 0.6 is 0 Å². The first-order chi connectivity index (χ1) is 12.1. The molecule has 0 unspecified atom stereocenters. The van der Waals surface area contributed by atoms with E-state index in [1.165, 1.54) is 0 Å². The number of anilines is 1. The number of aldehydes is 1. The molecule has 0 fully saturated rings. The predicted octanol–water partition coefficient (Wildman–Crippen LogP) is 2.85. The van der Waals surface area contributed by atoms with E-state index in [0.29, 0.717) is 29.8 Å². The standard InChI is InChI=1S/C19H19N3O3/c1-22(2)9-8-20-14-10-15(17(24)12-23)18-16(11-14)21-19(25-18)13-6-4-3-5-7-13/h3-7,10-12,20H,8-9H2,1-2H3. The van der Waals surface area contributed by atoms with Gasteiger partial charge in [0.05, 0.1) is 5.56 Å². The Morgan fingerprint density at radius 2 is 2.00 bits per heavy atom. The Kier molecular flexibility index (Phi) is 4.90. The molecule has 0 bridgehead atoms. The number of Topliss-reactive ketones (excluding diaryl/α,β-unsaturated/α-hetero) is 1. The maximum atomic E-state index is 12.0. The Balaban J connectivity index is 2.03. The third-order valence-electron chi connectivity index (χ3n) is 3.77. The summed E-state index contributed by atoms with van der Waals surface area (Å²) in [4.78, 5) is 29.5. The highest BCUT2D eigenvalue weighted by molar-refractivity contribution is 6.36. The maximum absolute atomic E-state index is 12.0. The van der Waals surface area contributed by atoms with Crippen molar-refractivity contribution in [3.05, 3.63) is 48.0 Å². The molecule has 128 valence electrons. The van der Waals surface area contributed by atoms with Crippen molar-refractivity contribution in [1.82, 2.24) is 9.88 Å². The summed E-state index contributed by atoms with van der Waals surface area (Å²) in [6, 6.07) is 12.9. The van der Waals surface area contributed by atoms with Crippen LogP contribution in [-0.4, -0.2) is 49.1 Å². The molecule has 0 atom stereocenters. The Morgan fingerprint density at radius 3 is 2.68 bits per heavy atom. The Bertz CT molecular complexity index is 901. The van der Waals surface area contributed by atoms with Crippen molar-refractivity contribution in [1.29, 1.82) is 0 Å². The van der Waals surface area contributed by atoms with Crippen molar-refractivity contribution >= 4 is 28.9 Å². The molecule has 6 nitrogen and oxygen atoms in total. The Hall–Kier alpha value is -2.99. The van der Waals surface area contributed by atoms with Gasteiger partial charge in [0.25, 0.3) is 0 Å². The highest BCUT2D eigenvalue weighted by atomic mass is 16.3. The van der Waals surface area contributed by atoms with Crippen molar-refractivity contribution in [2.75, 3.05) is 32.5 Å². The van der Waals surface area contributed by atoms with Crippen LogP contribution in [0.2, 0.25) is 0 Å². The van der Waals surface area contributed by atoms with E-state index in [9.17, 15) is 9.59 Å². The molecule has 0 aliphatic heterocycles. The van der Waals surface area contributed by atoms with Gasteiger partial charge in [0.2, 0.25) is 11.7 Å². The largest absolute Gasteiger partial charge is 0.435 e. The van der Waals surface area contributed by atoms with Crippen LogP contribution in [0.25, 0.3) is 22.6 Å². The number of hydrogen-bond acceptors (Lipinski definition) is 6. The molecule has 0 amide bonds. The predicted molar refractivity (Wildman–Crippen MR) is 96.9 cm³/mol. The molecule has 6 heteroatoms. The minimum atomic E-state index is -0.628. The summed E-state index contributed by atoms with van der Waals surface area (Å²) in [6.07, 6.45) is 0.295. The fourth-order valence-corrected chi connectivity index (χ4v) is 2.51. The molecule has 0 spiro atoms. The highest BCUT2D eigenvalue weighted by Crippen LogP contribution is 2.29. The normalized spacial score (nSPS) is 11.0. The number of likely N-dealkylation sites (N-methyl/N-ethyl adjacent to an activating group) is 1. The first kappa shape index (κ1) is 16.9. The topological polar surface area (TPSA) is 75.4 Å². The Morgan fingerprint density at radius 1 is 1.24 bits per heavy atom. The van der Waals surface area contributed by atoms with E-state index in [1.54, 1.807) is 6.07 Å². The summed E-state index contributed by atoms with van der Waals surface area (Å²) in [5.74, 6) is -0.210. The number of hydrogen-bond donors (Lipinski definition) is 1. The summed E-state index contributed by atoms with van der Waals surface area (Å²) in [7, 11) is 3.96. The maximum Gasteiger partial charge on any atom is 0.229 e. The lowest BCUT2D eigenvalue weighted by Gasteiger charge is -2.11. The van der Waals surface area contributed by atoms with Gasteiger partial charge in [-0.25, -0.2) is 4.98 Å². The number of carbonyl (C=O) groups is 2. The number of ketones is 1. The van der Waals surface area contributed by atoms with Gasteiger partial charge < -0.3 is 14.6 Å². The summed E-state index contributed by atoms with van der Waals surface area (Å²) in [5, 5.41) is 3.25. The van der Waals surface area contributed by atoms with Crippen molar-refractivity contribution in [3.8, 4) is 11.5 Å². The van der Waals surface area contributed by atoms with Gasteiger partial charge in [-0.2, -0.15) is 0 Å². The number of carbonyl (C=O) groups excluding carboxylic acids is 2. The fourth-order valence-electron chi connectivity index (χ4n) is 2.51. The third-order valence-corrected chi connectivity index (χ3v) is 3.77. The molecule has 3 aromatic rings. The highest BCUT2D eigenvalue weighted by Gasteiger charge is 2.18. The molecule has 0 saturated heterocycles. The van der Waals surface area contributed by atoms with Gasteiger partial charge in [0.15, 0.2) is 11.9 Å². The van der Waals surface area contributed by atoms with Crippen LogP contribution in [-0.2, 0) is 4.79 Å². The molecule has 0 radical (unpaired) electrons. The second-order valence-electron chi connectivity index (χ2n) is 5.97. The van der Waals surface area contributed by atoms with Crippen LogP contribution in [0.1, 0.15) is 10.4 Å². The number of fused-ring (bicyclic) bond motifs is 1. The zero-order chi connectivity index (χ0) is 17.8. The average molecular weight is 337 g/mol. The van der Waals surface area contributed by atoms with Gasteiger partial charge in [-0.05, 0) is 38.4 Å². The van der Waals surface area contributed by atoms with Crippen molar-refractivity contribution in [2.45, 2.75) is 0 Å². The molecule has 0 aliphatic carbocycles. The third kappa shape index (κ3) is 3.75.